The minimum absolute atomic E-state index is 0.0460. The van der Waals surface area contributed by atoms with Gasteiger partial charge in [-0.3, -0.25) is 19.7 Å². The van der Waals surface area contributed by atoms with Crippen molar-refractivity contribution in [1.82, 2.24) is 25.7 Å². The standard InChI is InChI=1S/C16H26N6O3/c1-4-6-11-9-13(23)20-16(18-11)22-12(8-10(3)21-22)19-15(25)14(24)17-7-5-2/h8,11,16,18H,4-7,9H2,1-3H3,(H,17,24)(H,19,25)(H,20,23). The van der Waals surface area contributed by atoms with E-state index in [0.717, 1.165) is 19.3 Å². The zero-order valence-electron chi connectivity index (χ0n) is 14.9. The highest BCUT2D eigenvalue weighted by molar-refractivity contribution is 6.39. The van der Waals surface area contributed by atoms with Gasteiger partial charge in [-0.05, 0) is 19.8 Å². The van der Waals surface area contributed by atoms with Crippen LogP contribution in [0, 0.1) is 6.92 Å². The van der Waals surface area contributed by atoms with Crippen LogP contribution in [0.25, 0.3) is 0 Å². The topological polar surface area (TPSA) is 117 Å². The molecule has 1 aliphatic rings. The van der Waals surface area contributed by atoms with E-state index in [2.05, 4.69) is 33.3 Å². The highest BCUT2D eigenvalue weighted by Gasteiger charge is 2.29. The molecular weight excluding hydrogens is 324 g/mol. The van der Waals surface area contributed by atoms with Crippen molar-refractivity contribution in [3.8, 4) is 0 Å². The van der Waals surface area contributed by atoms with Crippen molar-refractivity contribution in [2.45, 2.75) is 58.8 Å². The van der Waals surface area contributed by atoms with E-state index in [1.807, 2.05) is 6.92 Å². The fourth-order valence-electron chi connectivity index (χ4n) is 2.72. The van der Waals surface area contributed by atoms with Crippen molar-refractivity contribution in [2.75, 3.05) is 11.9 Å². The van der Waals surface area contributed by atoms with Crippen molar-refractivity contribution in [2.24, 2.45) is 0 Å². The second-order valence-corrected chi connectivity index (χ2v) is 6.15. The third kappa shape index (κ3) is 5.02. The number of anilines is 1. The first-order valence-corrected chi connectivity index (χ1v) is 8.65. The molecule has 1 aromatic heterocycles. The van der Waals surface area contributed by atoms with Crippen molar-refractivity contribution in [3.05, 3.63) is 11.8 Å². The molecule has 9 heteroatoms. The Labute approximate surface area is 146 Å². The SMILES string of the molecule is CCCNC(=O)C(=O)Nc1cc(C)nn1C1NC(=O)CC(CCC)N1. The Balaban J connectivity index is 2.13. The Morgan fingerprint density at radius 1 is 1.32 bits per heavy atom. The van der Waals surface area contributed by atoms with Gasteiger partial charge in [0, 0.05) is 25.1 Å². The summed E-state index contributed by atoms with van der Waals surface area (Å²) in [7, 11) is 0. The van der Waals surface area contributed by atoms with Crippen LogP contribution < -0.4 is 21.3 Å². The molecule has 3 amide bonds. The van der Waals surface area contributed by atoms with Crippen LogP contribution in [-0.4, -0.2) is 40.1 Å². The lowest BCUT2D eigenvalue weighted by atomic mass is 10.1. The summed E-state index contributed by atoms with van der Waals surface area (Å²) in [6, 6.07) is 1.70. The minimum Gasteiger partial charge on any atom is -0.348 e. The number of carbonyl (C=O) groups excluding carboxylic acids is 3. The number of rotatable bonds is 6. The molecule has 9 nitrogen and oxygen atoms in total. The summed E-state index contributed by atoms with van der Waals surface area (Å²) in [6.45, 7) is 6.17. The summed E-state index contributed by atoms with van der Waals surface area (Å²) in [5.41, 5.74) is 0.665. The van der Waals surface area contributed by atoms with Crippen LogP contribution in [0.1, 0.15) is 51.5 Å². The molecule has 2 unspecified atom stereocenters. The van der Waals surface area contributed by atoms with Crippen molar-refractivity contribution in [3.63, 3.8) is 0 Å². The van der Waals surface area contributed by atoms with Crippen molar-refractivity contribution in [1.29, 1.82) is 0 Å². The minimum atomic E-state index is -0.762. The second-order valence-electron chi connectivity index (χ2n) is 6.15. The Kier molecular flexibility index (Phi) is 6.51. The maximum Gasteiger partial charge on any atom is 0.314 e. The Morgan fingerprint density at radius 2 is 2.08 bits per heavy atom. The van der Waals surface area contributed by atoms with E-state index in [4.69, 9.17) is 0 Å². The van der Waals surface area contributed by atoms with Gasteiger partial charge in [-0.1, -0.05) is 20.3 Å². The molecule has 0 radical (unpaired) electrons. The predicted molar refractivity (Wildman–Crippen MR) is 92.5 cm³/mol. The average Bonchev–Trinajstić information content (AvgIpc) is 2.92. The number of nitrogens with one attached hydrogen (secondary N) is 4. The molecule has 0 saturated carbocycles. The van der Waals surface area contributed by atoms with Gasteiger partial charge in [0.2, 0.25) is 5.91 Å². The van der Waals surface area contributed by atoms with Crippen LogP contribution >= 0.6 is 0 Å². The highest BCUT2D eigenvalue weighted by atomic mass is 16.2. The normalized spacial score (nSPS) is 20.0. The quantitative estimate of drug-likeness (QED) is 0.554. The molecular formula is C16H26N6O3. The summed E-state index contributed by atoms with van der Waals surface area (Å²) in [4.78, 5) is 35.7. The molecule has 0 aromatic carbocycles. The summed E-state index contributed by atoms with van der Waals surface area (Å²) in [6.07, 6.45) is 2.40. The zero-order chi connectivity index (χ0) is 18.4. The fourth-order valence-corrected chi connectivity index (χ4v) is 2.72. The van der Waals surface area contributed by atoms with Gasteiger partial charge in [0.15, 0.2) is 6.29 Å². The lowest BCUT2D eigenvalue weighted by Crippen LogP contribution is -2.53. The Bertz CT molecular complexity index is 642. The number of aryl methyl sites for hydroxylation is 1. The highest BCUT2D eigenvalue weighted by Crippen LogP contribution is 2.18. The second kappa shape index (κ2) is 8.61. The molecule has 1 aliphatic heterocycles. The number of aromatic nitrogens is 2. The lowest BCUT2D eigenvalue weighted by molar-refractivity contribution is -0.136. The number of amides is 3. The van der Waals surface area contributed by atoms with Gasteiger partial charge in [-0.15, -0.1) is 0 Å². The first-order valence-electron chi connectivity index (χ1n) is 8.65. The summed E-state index contributed by atoms with van der Waals surface area (Å²) >= 11 is 0. The van der Waals surface area contributed by atoms with E-state index < -0.39 is 18.1 Å². The largest absolute Gasteiger partial charge is 0.348 e. The predicted octanol–water partition coefficient (Wildman–Crippen LogP) is 0.391. The lowest BCUT2D eigenvalue weighted by Gasteiger charge is -2.32. The van der Waals surface area contributed by atoms with Gasteiger partial charge < -0.3 is 16.0 Å². The van der Waals surface area contributed by atoms with Crippen molar-refractivity contribution >= 4 is 23.5 Å². The van der Waals surface area contributed by atoms with E-state index in [-0.39, 0.29) is 11.9 Å². The molecule has 1 fully saturated rings. The first-order chi connectivity index (χ1) is 11.9. The maximum atomic E-state index is 12.0. The fraction of sp³-hybridized carbons (Fsp3) is 0.625. The van der Waals surface area contributed by atoms with Gasteiger partial charge in [0.1, 0.15) is 5.82 Å². The molecule has 4 N–H and O–H groups in total. The molecule has 2 atom stereocenters. The monoisotopic (exact) mass is 350 g/mol. The molecule has 1 aromatic rings. The third-order valence-electron chi connectivity index (χ3n) is 3.85. The van der Waals surface area contributed by atoms with Crippen LogP contribution in [0.4, 0.5) is 5.82 Å². The van der Waals surface area contributed by atoms with Crippen LogP contribution in [-0.2, 0) is 14.4 Å². The van der Waals surface area contributed by atoms with Crippen LogP contribution in [0.3, 0.4) is 0 Å². The molecule has 138 valence electrons. The molecule has 25 heavy (non-hydrogen) atoms. The van der Waals surface area contributed by atoms with E-state index in [1.54, 1.807) is 13.0 Å². The van der Waals surface area contributed by atoms with E-state index in [0.29, 0.717) is 24.5 Å². The Hall–Kier alpha value is -2.42. The molecule has 1 saturated heterocycles. The van der Waals surface area contributed by atoms with Gasteiger partial charge in [-0.25, -0.2) is 4.68 Å². The third-order valence-corrected chi connectivity index (χ3v) is 3.85. The number of carbonyl (C=O) groups is 3. The zero-order valence-corrected chi connectivity index (χ0v) is 14.9. The van der Waals surface area contributed by atoms with Crippen LogP contribution in [0.2, 0.25) is 0 Å². The summed E-state index contributed by atoms with van der Waals surface area (Å²) in [5, 5.41) is 15.5. The van der Waals surface area contributed by atoms with Gasteiger partial charge in [0.05, 0.1) is 5.69 Å². The summed E-state index contributed by atoms with van der Waals surface area (Å²) in [5.74, 6) is -1.18. The molecule has 0 bridgehead atoms. The molecule has 0 aliphatic carbocycles. The van der Waals surface area contributed by atoms with Gasteiger partial charge >= 0.3 is 11.8 Å². The number of nitrogens with zero attached hydrogens (tertiary/aromatic N) is 2. The van der Waals surface area contributed by atoms with Gasteiger partial charge in [-0.2, -0.15) is 5.10 Å². The van der Waals surface area contributed by atoms with Crippen molar-refractivity contribution < 1.29 is 14.4 Å². The van der Waals surface area contributed by atoms with E-state index >= 15 is 0 Å². The maximum absolute atomic E-state index is 12.0. The van der Waals surface area contributed by atoms with Crippen LogP contribution in [0.5, 0.6) is 0 Å². The van der Waals surface area contributed by atoms with E-state index in [1.165, 1.54) is 4.68 Å². The summed E-state index contributed by atoms with van der Waals surface area (Å²) < 4.78 is 1.49. The molecule has 0 spiro atoms. The smallest absolute Gasteiger partial charge is 0.314 e. The van der Waals surface area contributed by atoms with E-state index in [9.17, 15) is 14.4 Å². The molecule has 2 heterocycles. The average molecular weight is 350 g/mol. The first kappa shape index (κ1) is 18.9. The molecule has 2 rings (SSSR count). The number of hydrogen-bond donors (Lipinski definition) is 4. The van der Waals surface area contributed by atoms with Gasteiger partial charge in [0.25, 0.3) is 0 Å². The van der Waals surface area contributed by atoms with Crippen LogP contribution in [0.15, 0.2) is 6.07 Å². The number of hydrogen-bond acceptors (Lipinski definition) is 5. The Morgan fingerprint density at radius 3 is 2.76 bits per heavy atom.